The summed E-state index contributed by atoms with van der Waals surface area (Å²) < 4.78 is 14.1. The van der Waals surface area contributed by atoms with Crippen molar-refractivity contribution >= 4 is 23.3 Å². The number of amides is 1. The van der Waals surface area contributed by atoms with Crippen molar-refractivity contribution in [2.45, 2.75) is 0 Å². The van der Waals surface area contributed by atoms with Crippen molar-refractivity contribution in [1.29, 1.82) is 0 Å². The Bertz CT molecular complexity index is 544. The lowest BCUT2D eigenvalue weighted by Crippen LogP contribution is -2.22. The Morgan fingerprint density at radius 1 is 1.29 bits per heavy atom. The molecule has 9 nitrogen and oxygen atoms in total. The maximum absolute atomic E-state index is 11.6. The first-order valence-corrected chi connectivity index (χ1v) is 5.74. The van der Waals surface area contributed by atoms with E-state index in [1.54, 1.807) is 0 Å². The van der Waals surface area contributed by atoms with E-state index in [-0.39, 0.29) is 23.7 Å². The van der Waals surface area contributed by atoms with Gasteiger partial charge in [0.25, 0.3) is 11.6 Å². The number of ether oxygens (including phenoxy) is 3. The molecule has 0 bridgehead atoms. The van der Waals surface area contributed by atoms with Crippen LogP contribution in [-0.2, 0) is 19.1 Å². The molecule has 0 unspecified atom stereocenters. The summed E-state index contributed by atoms with van der Waals surface area (Å²) in [4.78, 5) is 32.7. The van der Waals surface area contributed by atoms with Crippen LogP contribution in [0.25, 0.3) is 0 Å². The number of anilines is 1. The van der Waals surface area contributed by atoms with E-state index in [0.717, 1.165) is 6.07 Å². The van der Waals surface area contributed by atoms with E-state index >= 15 is 0 Å². The van der Waals surface area contributed by atoms with E-state index in [9.17, 15) is 19.7 Å². The number of esters is 1. The molecule has 1 amide bonds. The molecule has 1 N–H and O–H groups in total. The average Bonchev–Trinajstić information content (AvgIpc) is 2.45. The molecule has 0 saturated carbocycles. The van der Waals surface area contributed by atoms with Crippen LogP contribution in [0.5, 0.6) is 5.75 Å². The number of benzene rings is 1. The lowest BCUT2D eigenvalue weighted by Gasteiger charge is -2.10. The number of carbonyl (C=O) groups is 2. The fourth-order valence-electron chi connectivity index (χ4n) is 1.40. The number of methoxy groups -OCH3 is 2. The van der Waals surface area contributed by atoms with Gasteiger partial charge in [0.05, 0.1) is 17.7 Å². The van der Waals surface area contributed by atoms with Gasteiger partial charge in [-0.1, -0.05) is 0 Å². The molecule has 1 aromatic rings. The van der Waals surface area contributed by atoms with Crippen molar-refractivity contribution in [2.75, 3.05) is 32.8 Å². The number of hydrogen-bond donors (Lipinski definition) is 1. The highest BCUT2D eigenvalue weighted by molar-refractivity contribution is 5.94. The SMILES string of the molecule is COCC(=O)OCC(=O)Nc1cc([N+](=O)[O-])ccc1OC. The van der Waals surface area contributed by atoms with Gasteiger partial charge >= 0.3 is 5.97 Å². The van der Waals surface area contributed by atoms with Gasteiger partial charge < -0.3 is 19.5 Å². The first kappa shape index (κ1) is 16.4. The Morgan fingerprint density at radius 2 is 2.00 bits per heavy atom. The van der Waals surface area contributed by atoms with Crippen LogP contribution in [0.3, 0.4) is 0 Å². The van der Waals surface area contributed by atoms with Gasteiger partial charge in [-0.3, -0.25) is 14.9 Å². The molecular weight excluding hydrogens is 284 g/mol. The highest BCUT2D eigenvalue weighted by Crippen LogP contribution is 2.28. The van der Waals surface area contributed by atoms with Crippen molar-refractivity contribution in [3.8, 4) is 5.75 Å². The van der Waals surface area contributed by atoms with Crippen LogP contribution in [0.2, 0.25) is 0 Å². The first-order valence-electron chi connectivity index (χ1n) is 5.74. The van der Waals surface area contributed by atoms with Crippen LogP contribution in [0.1, 0.15) is 0 Å². The van der Waals surface area contributed by atoms with E-state index in [2.05, 4.69) is 14.8 Å². The van der Waals surface area contributed by atoms with Gasteiger partial charge in [-0.15, -0.1) is 0 Å². The summed E-state index contributed by atoms with van der Waals surface area (Å²) in [6.45, 7) is -0.804. The van der Waals surface area contributed by atoms with Crippen LogP contribution >= 0.6 is 0 Å². The van der Waals surface area contributed by atoms with Gasteiger partial charge in [0.2, 0.25) is 0 Å². The highest BCUT2D eigenvalue weighted by atomic mass is 16.6. The second-order valence-electron chi connectivity index (χ2n) is 3.78. The molecular formula is C12H14N2O7. The molecule has 21 heavy (non-hydrogen) atoms. The molecule has 0 aliphatic heterocycles. The number of hydrogen-bond acceptors (Lipinski definition) is 7. The van der Waals surface area contributed by atoms with E-state index in [1.807, 2.05) is 0 Å². The second-order valence-corrected chi connectivity index (χ2v) is 3.78. The lowest BCUT2D eigenvalue weighted by molar-refractivity contribution is -0.384. The number of carbonyl (C=O) groups excluding carboxylic acids is 2. The van der Waals surface area contributed by atoms with Gasteiger partial charge in [0.1, 0.15) is 12.4 Å². The summed E-state index contributed by atoms with van der Waals surface area (Å²) in [6.07, 6.45) is 0. The predicted octanol–water partition coefficient (Wildman–Crippen LogP) is 0.731. The Hall–Kier alpha value is -2.68. The van der Waals surface area contributed by atoms with Crippen molar-refractivity contribution in [3.63, 3.8) is 0 Å². The Morgan fingerprint density at radius 3 is 2.57 bits per heavy atom. The molecule has 0 aliphatic carbocycles. The predicted molar refractivity (Wildman–Crippen MR) is 71.1 cm³/mol. The maximum Gasteiger partial charge on any atom is 0.332 e. The monoisotopic (exact) mass is 298 g/mol. The third-order valence-electron chi connectivity index (χ3n) is 2.29. The van der Waals surface area contributed by atoms with Crippen LogP contribution in [0.4, 0.5) is 11.4 Å². The quantitative estimate of drug-likeness (QED) is 0.448. The molecule has 0 saturated heterocycles. The molecule has 1 rings (SSSR count). The fraction of sp³-hybridized carbons (Fsp3) is 0.333. The summed E-state index contributed by atoms with van der Waals surface area (Å²) in [5.74, 6) is -1.10. The second kappa shape index (κ2) is 7.80. The van der Waals surface area contributed by atoms with Gasteiger partial charge in [-0.2, -0.15) is 0 Å². The van der Waals surface area contributed by atoms with E-state index < -0.39 is 23.4 Å². The Balaban J connectivity index is 2.72. The lowest BCUT2D eigenvalue weighted by atomic mass is 10.2. The number of nitrogens with zero attached hydrogens (tertiary/aromatic N) is 1. The molecule has 114 valence electrons. The molecule has 9 heteroatoms. The van der Waals surface area contributed by atoms with Gasteiger partial charge in [-0.25, -0.2) is 4.79 Å². The van der Waals surface area contributed by atoms with Crippen molar-refractivity contribution in [2.24, 2.45) is 0 Å². The third-order valence-corrected chi connectivity index (χ3v) is 2.29. The molecule has 0 aromatic heterocycles. The maximum atomic E-state index is 11.6. The Labute approximate surface area is 119 Å². The summed E-state index contributed by atoms with van der Waals surface area (Å²) in [5.41, 5.74) is -0.0954. The zero-order valence-corrected chi connectivity index (χ0v) is 11.5. The minimum absolute atomic E-state index is 0.111. The van der Waals surface area contributed by atoms with E-state index in [4.69, 9.17) is 4.74 Å². The normalized spacial score (nSPS) is 9.81. The third kappa shape index (κ3) is 5.07. The first-order chi connectivity index (χ1) is 9.97. The zero-order valence-electron chi connectivity index (χ0n) is 11.5. The van der Waals surface area contributed by atoms with Crippen LogP contribution in [0, 0.1) is 10.1 Å². The summed E-state index contributed by atoms with van der Waals surface area (Å²) in [6, 6.07) is 3.74. The fourth-order valence-corrected chi connectivity index (χ4v) is 1.40. The number of non-ortho nitro benzene ring substituents is 1. The largest absolute Gasteiger partial charge is 0.495 e. The van der Waals surface area contributed by atoms with Crippen molar-refractivity contribution < 1.29 is 28.7 Å². The molecule has 0 heterocycles. The molecule has 0 radical (unpaired) electrons. The highest BCUT2D eigenvalue weighted by Gasteiger charge is 2.14. The number of nitrogens with one attached hydrogen (secondary N) is 1. The minimum Gasteiger partial charge on any atom is -0.495 e. The van der Waals surface area contributed by atoms with Crippen molar-refractivity contribution in [3.05, 3.63) is 28.3 Å². The molecule has 1 aromatic carbocycles. The zero-order chi connectivity index (χ0) is 15.8. The van der Waals surface area contributed by atoms with Crippen LogP contribution in [-0.4, -0.2) is 44.2 Å². The molecule has 0 fully saturated rings. The van der Waals surface area contributed by atoms with Crippen molar-refractivity contribution in [1.82, 2.24) is 0 Å². The number of rotatable bonds is 7. The van der Waals surface area contributed by atoms with Gasteiger partial charge in [0, 0.05) is 19.2 Å². The number of nitro benzene ring substituents is 1. The van der Waals surface area contributed by atoms with Crippen LogP contribution < -0.4 is 10.1 Å². The molecule has 0 aliphatic rings. The Kier molecular flexibility index (Phi) is 6.08. The minimum atomic E-state index is -0.696. The standard InChI is InChI=1S/C12H14N2O7/c1-19-7-12(16)21-6-11(15)13-9-5-8(14(17)18)3-4-10(9)20-2/h3-5H,6-7H2,1-2H3,(H,13,15). The van der Waals surface area contributed by atoms with Crippen LogP contribution in [0.15, 0.2) is 18.2 Å². The molecule has 0 spiro atoms. The topological polar surface area (TPSA) is 117 Å². The smallest absolute Gasteiger partial charge is 0.332 e. The van der Waals surface area contributed by atoms with Gasteiger partial charge in [-0.05, 0) is 6.07 Å². The summed E-state index contributed by atoms with van der Waals surface area (Å²) >= 11 is 0. The summed E-state index contributed by atoms with van der Waals surface area (Å²) in [7, 11) is 2.67. The van der Waals surface area contributed by atoms with E-state index in [0.29, 0.717) is 0 Å². The van der Waals surface area contributed by atoms with E-state index in [1.165, 1.54) is 26.4 Å². The molecule has 0 atom stereocenters. The summed E-state index contributed by atoms with van der Waals surface area (Å²) in [5, 5.41) is 13.1. The average molecular weight is 298 g/mol. The number of nitro groups is 1. The van der Waals surface area contributed by atoms with Gasteiger partial charge in [0.15, 0.2) is 6.61 Å².